The Hall–Kier alpha value is -3.19. The molecule has 28 heavy (non-hydrogen) atoms. The monoisotopic (exact) mass is 392 g/mol. The maximum absolute atomic E-state index is 10.8. The van der Waals surface area contributed by atoms with Gasteiger partial charge in [-0.1, -0.05) is 29.8 Å². The summed E-state index contributed by atoms with van der Waals surface area (Å²) in [5, 5.41) is 14.7. The van der Waals surface area contributed by atoms with E-state index >= 15 is 0 Å². The molecule has 142 valence electrons. The summed E-state index contributed by atoms with van der Waals surface area (Å²) in [7, 11) is 0. The van der Waals surface area contributed by atoms with E-state index in [1.54, 1.807) is 12.1 Å². The van der Waals surface area contributed by atoms with Crippen LogP contribution in [0.1, 0.15) is 22.9 Å². The van der Waals surface area contributed by atoms with E-state index in [1.807, 2.05) is 0 Å². The first-order valence-corrected chi connectivity index (χ1v) is 9.47. The number of nitrogens with zero attached hydrogens (tertiary/aromatic N) is 3. The number of aromatic nitrogens is 1. The van der Waals surface area contributed by atoms with Crippen molar-refractivity contribution in [1.29, 1.82) is 0 Å². The highest BCUT2D eigenvalue weighted by atomic mass is 32.1. The van der Waals surface area contributed by atoms with Gasteiger partial charge in [0, 0.05) is 42.8 Å². The normalized spacial score (nSPS) is 15.8. The summed E-state index contributed by atoms with van der Waals surface area (Å²) in [5.41, 5.74) is 4.39. The number of fused-ring (bicyclic) bond motifs is 1. The lowest BCUT2D eigenvalue weighted by atomic mass is 9.99. The van der Waals surface area contributed by atoms with Gasteiger partial charge in [0.05, 0.1) is 11.0 Å². The quantitative estimate of drug-likeness (QED) is 0.404. The summed E-state index contributed by atoms with van der Waals surface area (Å²) in [6.45, 7) is 3.71. The van der Waals surface area contributed by atoms with Crippen LogP contribution in [-0.4, -0.2) is 26.0 Å². The summed E-state index contributed by atoms with van der Waals surface area (Å²) in [6.07, 6.45) is 2.10. The molecule has 7 heteroatoms. The number of hydrogen-bond donors (Lipinski definition) is 1. The van der Waals surface area contributed by atoms with Crippen LogP contribution in [0.2, 0.25) is 0 Å². The second kappa shape index (κ2) is 7.44. The van der Waals surface area contributed by atoms with E-state index in [0.29, 0.717) is 5.11 Å². The van der Waals surface area contributed by atoms with Gasteiger partial charge in [0.25, 0.3) is 5.69 Å². The van der Waals surface area contributed by atoms with Crippen molar-refractivity contribution in [1.82, 2.24) is 9.47 Å². The molecular weight excluding hydrogens is 372 g/mol. The van der Waals surface area contributed by atoms with E-state index in [-0.39, 0.29) is 11.7 Å². The number of hydrogen-bond acceptors (Lipinski definition) is 3. The van der Waals surface area contributed by atoms with E-state index in [0.717, 1.165) is 18.8 Å². The van der Waals surface area contributed by atoms with Crippen molar-refractivity contribution < 1.29 is 4.92 Å². The molecule has 0 aliphatic carbocycles. The minimum Gasteiger partial charge on any atom is -0.348 e. The molecule has 1 aromatic heterocycles. The zero-order chi connectivity index (χ0) is 19.7. The first-order chi connectivity index (χ1) is 13.5. The van der Waals surface area contributed by atoms with Gasteiger partial charge in [-0.25, -0.2) is 0 Å². The van der Waals surface area contributed by atoms with Crippen molar-refractivity contribution in [3.05, 3.63) is 93.8 Å². The lowest BCUT2D eigenvalue weighted by Gasteiger charge is -2.39. The lowest BCUT2D eigenvalue weighted by Crippen LogP contribution is -2.44. The molecule has 0 saturated heterocycles. The Morgan fingerprint density at radius 2 is 1.82 bits per heavy atom. The molecule has 4 rings (SSSR count). The van der Waals surface area contributed by atoms with Gasteiger partial charge in [0.2, 0.25) is 0 Å². The predicted octanol–water partition coefficient (Wildman–Crippen LogP) is 4.51. The second-order valence-corrected chi connectivity index (χ2v) is 7.25. The molecule has 0 unspecified atom stereocenters. The van der Waals surface area contributed by atoms with E-state index in [1.165, 1.54) is 29.0 Å². The molecule has 0 saturated carbocycles. The fourth-order valence-electron chi connectivity index (χ4n) is 3.56. The van der Waals surface area contributed by atoms with Crippen LogP contribution in [0, 0.1) is 17.0 Å². The zero-order valence-corrected chi connectivity index (χ0v) is 16.2. The molecular formula is C21H20N4O2S. The van der Waals surface area contributed by atoms with Gasteiger partial charge in [-0.2, -0.15) is 0 Å². The number of nitro groups is 1. The van der Waals surface area contributed by atoms with Crippen LogP contribution in [-0.2, 0) is 6.54 Å². The number of aryl methyl sites for hydroxylation is 1. The standard InChI is InChI=1S/C21H20N4O2S/c1-15-4-6-16(7-5-15)20-19-3-2-12-23(19)13-14-24(20)21(28)22-17-8-10-18(11-9-17)25(26)27/h2-12,20H,13-14H2,1H3,(H,22,28)/t20-/m1/s1. The molecule has 0 bridgehead atoms. The number of thiocarbonyl (C=S) groups is 1. The number of nitro benzene ring substituents is 1. The van der Waals surface area contributed by atoms with E-state index in [4.69, 9.17) is 12.2 Å². The van der Waals surface area contributed by atoms with Crippen LogP contribution in [0.15, 0.2) is 66.9 Å². The maximum atomic E-state index is 10.8. The van der Waals surface area contributed by atoms with Crippen molar-refractivity contribution in [2.45, 2.75) is 19.5 Å². The molecule has 2 heterocycles. The molecule has 1 aliphatic heterocycles. The Kier molecular flexibility index (Phi) is 4.83. The summed E-state index contributed by atoms with van der Waals surface area (Å²) < 4.78 is 2.26. The van der Waals surface area contributed by atoms with Gasteiger partial charge in [0.15, 0.2) is 5.11 Å². The highest BCUT2D eigenvalue weighted by Crippen LogP contribution is 2.33. The van der Waals surface area contributed by atoms with Crippen LogP contribution < -0.4 is 5.32 Å². The molecule has 3 aromatic rings. The minimum atomic E-state index is -0.408. The Morgan fingerprint density at radius 3 is 2.50 bits per heavy atom. The minimum absolute atomic E-state index is 0.0161. The average Bonchev–Trinajstić information content (AvgIpc) is 3.17. The first-order valence-electron chi connectivity index (χ1n) is 9.06. The molecule has 1 atom stereocenters. The SMILES string of the molecule is Cc1ccc([C@@H]2c3cccn3CCN2C(=S)Nc2ccc([N+](=O)[O-])cc2)cc1. The summed E-state index contributed by atoms with van der Waals surface area (Å²) >= 11 is 5.72. The van der Waals surface area contributed by atoms with E-state index in [2.05, 4.69) is 64.3 Å². The largest absolute Gasteiger partial charge is 0.348 e. The summed E-state index contributed by atoms with van der Waals surface area (Å²) in [4.78, 5) is 12.6. The third-order valence-electron chi connectivity index (χ3n) is 5.02. The van der Waals surface area contributed by atoms with Gasteiger partial charge >= 0.3 is 0 Å². The zero-order valence-electron chi connectivity index (χ0n) is 15.4. The molecule has 0 radical (unpaired) electrons. The number of nitrogens with one attached hydrogen (secondary N) is 1. The number of rotatable bonds is 3. The van der Waals surface area contributed by atoms with Crippen molar-refractivity contribution in [2.24, 2.45) is 0 Å². The van der Waals surface area contributed by atoms with Gasteiger partial charge in [-0.05, 0) is 49.0 Å². The topological polar surface area (TPSA) is 63.3 Å². The van der Waals surface area contributed by atoms with Gasteiger partial charge < -0.3 is 14.8 Å². The fraction of sp³-hybridized carbons (Fsp3) is 0.190. The summed E-state index contributed by atoms with van der Waals surface area (Å²) in [6, 6.07) is 19.0. The predicted molar refractivity (Wildman–Crippen MR) is 113 cm³/mol. The van der Waals surface area contributed by atoms with Crippen LogP contribution >= 0.6 is 12.2 Å². The fourth-order valence-corrected chi connectivity index (χ4v) is 3.88. The Morgan fingerprint density at radius 1 is 1.11 bits per heavy atom. The molecule has 1 N–H and O–H groups in total. The molecule has 1 aliphatic rings. The van der Waals surface area contributed by atoms with Crippen molar-refractivity contribution >= 4 is 28.7 Å². The van der Waals surface area contributed by atoms with Crippen molar-refractivity contribution in [2.75, 3.05) is 11.9 Å². The molecule has 0 fully saturated rings. The van der Waals surface area contributed by atoms with Gasteiger partial charge in [-0.3, -0.25) is 10.1 Å². The van der Waals surface area contributed by atoms with Crippen molar-refractivity contribution in [3.8, 4) is 0 Å². The van der Waals surface area contributed by atoms with E-state index < -0.39 is 4.92 Å². The average molecular weight is 392 g/mol. The number of non-ortho nitro benzene ring substituents is 1. The molecule has 0 amide bonds. The lowest BCUT2D eigenvalue weighted by molar-refractivity contribution is -0.384. The van der Waals surface area contributed by atoms with Crippen LogP contribution in [0.3, 0.4) is 0 Å². The number of anilines is 1. The smallest absolute Gasteiger partial charge is 0.269 e. The Balaban J connectivity index is 1.62. The van der Waals surface area contributed by atoms with Crippen LogP contribution in [0.25, 0.3) is 0 Å². The van der Waals surface area contributed by atoms with Crippen LogP contribution in [0.4, 0.5) is 11.4 Å². The second-order valence-electron chi connectivity index (χ2n) is 6.87. The Labute approximate surface area is 168 Å². The van der Waals surface area contributed by atoms with E-state index in [9.17, 15) is 10.1 Å². The first kappa shape index (κ1) is 18.2. The van der Waals surface area contributed by atoms with Crippen molar-refractivity contribution in [3.63, 3.8) is 0 Å². The molecule has 2 aromatic carbocycles. The molecule has 0 spiro atoms. The summed E-state index contributed by atoms with van der Waals surface area (Å²) in [5.74, 6) is 0. The number of benzene rings is 2. The van der Waals surface area contributed by atoms with Crippen LogP contribution in [0.5, 0.6) is 0 Å². The maximum Gasteiger partial charge on any atom is 0.269 e. The van der Waals surface area contributed by atoms with Gasteiger partial charge in [0.1, 0.15) is 0 Å². The highest BCUT2D eigenvalue weighted by Gasteiger charge is 2.30. The third-order valence-corrected chi connectivity index (χ3v) is 5.36. The highest BCUT2D eigenvalue weighted by molar-refractivity contribution is 7.80. The molecule has 6 nitrogen and oxygen atoms in total. The Bertz CT molecular complexity index is 1010. The third kappa shape index (κ3) is 3.48. The van der Waals surface area contributed by atoms with Gasteiger partial charge in [-0.15, -0.1) is 0 Å².